The fourth-order valence-corrected chi connectivity index (χ4v) is 2.91. The molecular formula is C18H17Cl2NO5. The van der Waals surface area contributed by atoms with Crippen molar-refractivity contribution in [3.8, 4) is 17.2 Å². The molecule has 0 bridgehead atoms. The lowest BCUT2D eigenvalue weighted by Crippen LogP contribution is -2.18. The van der Waals surface area contributed by atoms with Gasteiger partial charge in [0, 0.05) is 12.7 Å². The molecule has 1 heterocycles. The van der Waals surface area contributed by atoms with Crippen LogP contribution in [-0.4, -0.2) is 39.4 Å². The molecule has 6 nitrogen and oxygen atoms in total. The summed E-state index contributed by atoms with van der Waals surface area (Å²) in [7, 11) is 1.57. The fraction of sp³-hybridized carbons (Fsp3) is 0.278. The zero-order valence-electron chi connectivity index (χ0n) is 14.0. The molecule has 0 aromatic heterocycles. The molecule has 26 heavy (non-hydrogen) atoms. The van der Waals surface area contributed by atoms with Crippen LogP contribution in [0.15, 0.2) is 30.3 Å². The van der Waals surface area contributed by atoms with E-state index in [1.807, 2.05) is 0 Å². The number of nitrogens with one attached hydrogen (secondary N) is 1. The summed E-state index contributed by atoms with van der Waals surface area (Å²) >= 11 is 12.4. The average Bonchev–Trinajstić information content (AvgIpc) is 2.64. The largest absolute Gasteiger partial charge is 0.487 e. The summed E-state index contributed by atoms with van der Waals surface area (Å²) in [4.78, 5) is 12.7. The van der Waals surface area contributed by atoms with Crippen molar-refractivity contribution in [3.63, 3.8) is 0 Å². The Hall–Kier alpha value is -2.15. The van der Waals surface area contributed by atoms with Crippen molar-refractivity contribution >= 4 is 34.8 Å². The molecule has 0 unspecified atom stereocenters. The van der Waals surface area contributed by atoms with Crippen LogP contribution in [0.25, 0.3) is 0 Å². The Kier molecular flexibility index (Phi) is 6.08. The number of carbonyl (C=O) groups excluding carboxylic acids is 1. The van der Waals surface area contributed by atoms with Gasteiger partial charge in [0.15, 0.2) is 17.2 Å². The van der Waals surface area contributed by atoms with Crippen LogP contribution in [0.5, 0.6) is 17.2 Å². The maximum atomic E-state index is 12.7. The Morgan fingerprint density at radius 2 is 1.96 bits per heavy atom. The molecule has 1 aliphatic rings. The van der Waals surface area contributed by atoms with E-state index >= 15 is 0 Å². The van der Waals surface area contributed by atoms with Crippen LogP contribution in [0.4, 0.5) is 5.69 Å². The molecule has 8 heteroatoms. The number of fused-ring (bicyclic) bond motifs is 1. The van der Waals surface area contributed by atoms with Crippen LogP contribution < -0.4 is 19.5 Å². The highest BCUT2D eigenvalue weighted by atomic mass is 35.5. The number of para-hydroxylation sites is 1. The van der Waals surface area contributed by atoms with E-state index in [1.54, 1.807) is 31.4 Å². The lowest BCUT2D eigenvalue weighted by molar-refractivity contribution is 0.102. The van der Waals surface area contributed by atoms with Crippen LogP contribution in [-0.2, 0) is 4.74 Å². The molecule has 0 saturated heterocycles. The molecule has 1 amide bonds. The highest BCUT2D eigenvalue weighted by Gasteiger charge is 2.20. The lowest BCUT2D eigenvalue weighted by Gasteiger charge is -2.20. The fourth-order valence-electron chi connectivity index (χ4n) is 2.42. The molecule has 2 aromatic rings. The quantitative estimate of drug-likeness (QED) is 0.744. The molecule has 0 radical (unpaired) electrons. The minimum Gasteiger partial charge on any atom is -0.487 e. The lowest BCUT2D eigenvalue weighted by atomic mass is 10.1. The van der Waals surface area contributed by atoms with Crippen molar-refractivity contribution in [1.29, 1.82) is 0 Å². The number of rotatable bonds is 6. The monoisotopic (exact) mass is 397 g/mol. The number of ether oxygens (including phenoxy) is 4. The number of hydrogen-bond acceptors (Lipinski definition) is 5. The second kappa shape index (κ2) is 8.49. The molecule has 0 spiro atoms. The van der Waals surface area contributed by atoms with Crippen LogP contribution >= 0.6 is 23.2 Å². The van der Waals surface area contributed by atoms with Gasteiger partial charge in [0.25, 0.3) is 5.91 Å². The first-order valence-electron chi connectivity index (χ1n) is 7.91. The van der Waals surface area contributed by atoms with Gasteiger partial charge in [-0.15, -0.1) is 0 Å². The third-order valence-corrected chi connectivity index (χ3v) is 4.19. The molecular weight excluding hydrogens is 381 g/mol. The topological polar surface area (TPSA) is 66.0 Å². The maximum absolute atomic E-state index is 12.7. The molecule has 1 N–H and O–H groups in total. The standard InChI is InChI=1S/C18H17Cl2NO5/c1-23-5-6-25-16-12(19)3-2-4-14(16)21-18(22)11-9-13(20)17-15(10-11)24-7-8-26-17/h2-4,9-10H,5-8H2,1H3,(H,21,22). The van der Waals surface area contributed by atoms with E-state index in [0.29, 0.717) is 65.0 Å². The predicted octanol–water partition coefficient (Wildman–Crippen LogP) is 4.04. The number of anilines is 1. The van der Waals surface area contributed by atoms with Crippen LogP contribution in [0.1, 0.15) is 10.4 Å². The van der Waals surface area contributed by atoms with Gasteiger partial charge in [-0.3, -0.25) is 4.79 Å². The molecule has 0 saturated carbocycles. The Bertz CT molecular complexity index is 812. The Morgan fingerprint density at radius 1 is 1.15 bits per heavy atom. The minimum atomic E-state index is -0.372. The van der Waals surface area contributed by atoms with Crippen molar-refractivity contribution in [1.82, 2.24) is 0 Å². The van der Waals surface area contributed by atoms with Gasteiger partial charge in [0.1, 0.15) is 19.8 Å². The summed E-state index contributed by atoms with van der Waals surface area (Å²) < 4.78 is 21.5. The number of carbonyl (C=O) groups is 1. The van der Waals surface area contributed by atoms with Gasteiger partial charge in [-0.1, -0.05) is 29.3 Å². The Balaban J connectivity index is 1.82. The number of hydrogen-bond donors (Lipinski definition) is 1. The van der Waals surface area contributed by atoms with Gasteiger partial charge < -0.3 is 24.3 Å². The second-order valence-electron chi connectivity index (χ2n) is 5.39. The molecule has 0 aliphatic carbocycles. The Labute approximate surface area is 160 Å². The smallest absolute Gasteiger partial charge is 0.255 e. The normalized spacial score (nSPS) is 12.6. The summed E-state index contributed by atoms with van der Waals surface area (Å²) in [6.07, 6.45) is 0. The van der Waals surface area contributed by atoms with E-state index in [4.69, 9.17) is 42.1 Å². The SMILES string of the molecule is COCCOc1c(Cl)cccc1NC(=O)c1cc(Cl)c2c(c1)OCCO2. The second-order valence-corrected chi connectivity index (χ2v) is 6.21. The van der Waals surface area contributed by atoms with E-state index in [0.717, 1.165) is 0 Å². The van der Waals surface area contributed by atoms with Gasteiger partial charge in [-0.2, -0.15) is 0 Å². The Morgan fingerprint density at radius 3 is 2.77 bits per heavy atom. The number of halogens is 2. The number of benzene rings is 2. The molecule has 3 rings (SSSR count). The van der Waals surface area contributed by atoms with Crippen molar-refractivity contribution in [2.45, 2.75) is 0 Å². The first-order valence-corrected chi connectivity index (χ1v) is 8.66. The summed E-state index contributed by atoms with van der Waals surface area (Å²) in [5.74, 6) is 0.892. The first-order chi connectivity index (χ1) is 12.6. The van der Waals surface area contributed by atoms with Crippen molar-refractivity contribution < 1.29 is 23.7 Å². The van der Waals surface area contributed by atoms with Gasteiger partial charge >= 0.3 is 0 Å². The summed E-state index contributed by atoms with van der Waals surface area (Å²) in [5, 5.41) is 3.49. The van der Waals surface area contributed by atoms with E-state index in [9.17, 15) is 4.79 Å². The third kappa shape index (κ3) is 4.15. The molecule has 0 fully saturated rings. The molecule has 138 valence electrons. The predicted molar refractivity (Wildman–Crippen MR) is 99.2 cm³/mol. The van der Waals surface area contributed by atoms with Gasteiger partial charge in [0.05, 0.1) is 22.3 Å². The highest BCUT2D eigenvalue weighted by Crippen LogP contribution is 2.39. The van der Waals surface area contributed by atoms with Crippen LogP contribution in [0.3, 0.4) is 0 Å². The van der Waals surface area contributed by atoms with Crippen LogP contribution in [0.2, 0.25) is 10.0 Å². The number of methoxy groups -OCH3 is 1. The average molecular weight is 398 g/mol. The van der Waals surface area contributed by atoms with Gasteiger partial charge in [-0.05, 0) is 24.3 Å². The van der Waals surface area contributed by atoms with E-state index < -0.39 is 0 Å². The highest BCUT2D eigenvalue weighted by molar-refractivity contribution is 6.33. The van der Waals surface area contributed by atoms with Gasteiger partial charge in [-0.25, -0.2) is 0 Å². The zero-order chi connectivity index (χ0) is 18.5. The van der Waals surface area contributed by atoms with Gasteiger partial charge in [0.2, 0.25) is 0 Å². The third-order valence-electron chi connectivity index (χ3n) is 3.61. The summed E-state index contributed by atoms with van der Waals surface area (Å²) in [5.41, 5.74) is 0.784. The zero-order valence-corrected chi connectivity index (χ0v) is 15.5. The first kappa shape index (κ1) is 18.6. The van der Waals surface area contributed by atoms with Crippen molar-refractivity contribution in [3.05, 3.63) is 45.9 Å². The number of amides is 1. The molecule has 1 aliphatic heterocycles. The minimum absolute atomic E-state index is 0.305. The maximum Gasteiger partial charge on any atom is 0.255 e. The molecule has 2 aromatic carbocycles. The van der Waals surface area contributed by atoms with Crippen LogP contribution in [0, 0.1) is 0 Å². The van der Waals surface area contributed by atoms with E-state index in [-0.39, 0.29) is 5.91 Å². The van der Waals surface area contributed by atoms with E-state index in [2.05, 4.69) is 5.32 Å². The summed E-state index contributed by atoms with van der Waals surface area (Å²) in [6, 6.07) is 8.22. The summed E-state index contributed by atoms with van der Waals surface area (Å²) in [6.45, 7) is 1.53. The molecule has 0 atom stereocenters. The van der Waals surface area contributed by atoms with Crippen molar-refractivity contribution in [2.75, 3.05) is 38.9 Å². The van der Waals surface area contributed by atoms with Crippen molar-refractivity contribution in [2.24, 2.45) is 0 Å². The van der Waals surface area contributed by atoms with E-state index in [1.165, 1.54) is 6.07 Å².